The predicted molar refractivity (Wildman–Crippen MR) is 69.9 cm³/mol. The van der Waals surface area contributed by atoms with Crippen molar-refractivity contribution in [2.75, 3.05) is 6.61 Å². The molecule has 3 nitrogen and oxygen atoms in total. The Morgan fingerprint density at radius 3 is 2.47 bits per heavy atom. The summed E-state index contributed by atoms with van der Waals surface area (Å²) in [5.41, 5.74) is 0. The van der Waals surface area contributed by atoms with Crippen molar-refractivity contribution in [1.29, 1.82) is 0 Å². The quantitative estimate of drug-likeness (QED) is 0.727. The highest BCUT2D eigenvalue weighted by Gasteiger charge is 2.28. The second kappa shape index (κ2) is 7.70. The summed E-state index contributed by atoms with van der Waals surface area (Å²) >= 11 is 0. The lowest BCUT2D eigenvalue weighted by Gasteiger charge is -2.30. The van der Waals surface area contributed by atoms with Crippen molar-refractivity contribution in [3.63, 3.8) is 0 Å². The highest BCUT2D eigenvalue weighted by molar-refractivity contribution is 5.76. The second-order valence-corrected chi connectivity index (χ2v) is 5.12. The second-order valence-electron chi connectivity index (χ2n) is 5.12. The molecular formula is C14H27NO2. The largest absolute Gasteiger partial charge is 0.465 e. The fourth-order valence-electron chi connectivity index (χ4n) is 2.46. The Kier molecular flexibility index (Phi) is 6.56. The first-order valence-corrected chi connectivity index (χ1v) is 7.11. The van der Waals surface area contributed by atoms with Gasteiger partial charge in [0, 0.05) is 6.04 Å². The van der Waals surface area contributed by atoms with Gasteiger partial charge >= 0.3 is 5.97 Å². The molecule has 0 spiro atoms. The van der Waals surface area contributed by atoms with Crippen LogP contribution in [0.5, 0.6) is 0 Å². The Bertz CT molecular complexity index is 224. The zero-order chi connectivity index (χ0) is 12.7. The molecule has 2 unspecified atom stereocenters. The van der Waals surface area contributed by atoms with E-state index < -0.39 is 0 Å². The van der Waals surface area contributed by atoms with E-state index in [1.807, 2.05) is 6.92 Å². The number of ether oxygens (including phenoxy) is 1. The zero-order valence-electron chi connectivity index (χ0n) is 11.5. The van der Waals surface area contributed by atoms with Gasteiger partial charge in [0.1, 0.15) is 6.04 Å². The lowest BCUT2D eigenvalue weighted by molar-refractivity contribution is -0.147. The van der Waals surface area contributed by atoms with Gasteiger partial charge in [-0.3, -0.25) is 4.79 Å². The van der Waals surface area contributed by atoms with Gasteiger partial charge < -0.3 is 10.1 Å². The van der Waals surface area contributed by atoms with Gasteiger partial charge in [0.25, 0.3) is 0 Å². The fourth-order valence-corrected chi connectivity index (χ4v) is 2.46. The minimum absolute atomic E-state index is 0.0765. The standard InChI is InChI=1S/C14H27NO2/c1-4-11(3)13(14(16)17-5-2)15-12-9-7-6-8-10-12/h11-13,15H,4-10H2,1-3H3. The lowest BCUT2D eigenvalue weighted by atomic mass is 9.92. The number of hydrogen-bond donors (Lipinski definition) is 1. The van der Waals surface area contributed by atoms with Gasteiger partial charge in [-0.15, -0.1) is 0 Å². The molecule has 1 rings (SSSR count). The molecule has 0 aromatic heterocycles. The van der Waals surface area contributed by atoms with Gasteiger partial charge in [0.05, 0.1) is 6.61 Å². The molecule has 0 saturated heterocycles. The summed E-state index contributed by atoms with van der Waals surface area (Å²) in [6, 6.07) is 0.384. The Labute approximate surface area is 105 Å². The molecular weight excluding hydrogens is 214 g/mol. The van der Waals surface area contributed by atoms with Crippen LogP contribution >= 0.6 is 0 Å². The highest BCUT2D eigenvalue weighted by Crippen LogP contribution is 2.20. The van der Waals surface area contributed by atoms with Crippen LogP contribution in [0.1, 0.15) is 59.3 Å². The summed E-state index contributed by atoms with van der Waals surface area (Å²) < 4.78 is 5.17. The van der Waals surface area contributed by atoms with Crippen LogP contribution in [-0.4, -0.2) is 24.7 Å². The molecule has 0 amide bonds. The molecule has 0 aromatic rings. The molecule has 3 heteroatoms. The number of hydrogen-bond acceptors (Lipinski definition) is 3. The SMILES string of the molecule is CCOC(=O)C(NC1CCCCC1)C(C)CC. The number of carbonyl (C=O) groups excluding carboxylic acids is 1. The van der Waals surface area contributed by atoms with Gasteiger partial charge in [-0.1, -0.05) is 39.5 Å². The average Bonchev–Trinajstić information content (AvgIpc) is 2.36. The van der Waals surface area contributed by atoms with Gasteiger partial charge in [0.2, 0.25) is 0 Å². The average molecular weight is 241 g/mol. The van der Waals surface area contributed by atoms with Gasteiger partial charge in [0.15, 0.2) is 0 Å². The molecule has 2 atom stereocenters. The van der Waals surface area contributed by atoms with Crippen molar-refractivity contribution in [2.24, 2.45) is 5.92 Å². The van der Waals surface area contributed by atoms with E-state index >= 15 is 0 Å². The van der Waals surface area contributed by atoms with E-state index in [2.05, 4.69) is 19.2 Å². The monoisotopic (exact) mass is 241 g/mol. The third-order valence-electron chi connectivity index (χ3n) is 3.77. The van der Waals surface area contributed by atoms with E-state index in [0.29, 0.717) is 18.6 Å². The Morgan fingerprint density at radius 1 is 1.29 bits per heavy atom. The van der Waals surface area contributed by atoms with Crippen LogP contribution < -0.4 is 5.32 Å². The number of esters is 1. The van der Waals surface area contributed by atoms with E-state index in [9.17, 15) is 4.79 Å². The molecule has 17 heavy (non-hydrogen) atoms. The van der Waals surface area contributed by atoms with Crippen molar-refractivity contribution in [3.8, 4) is 0 Å². The van der Waals surface area contributed by atoms with Crippen molar-refractivity contribution < 1.29 is 9.53 Å². The summed E-state index contributed by atoms with van der Waals surface area (Å²) in [6.07, 6.45) is 7.31. The maximum atomic E-state index is 11.9. The lowest BCUT2D eigenvalue weighted by Crippen LogP contribution is -2.48. The first-order valence-electron chi connectivity index (χ1n) is 7.11. The maximum absolute atomic E-state index is 11.9. The third kappa shape index (κ3) is 4.66. The van der Waals surface area contributed by atoms with Crippen LogP contribution in [0.25, 0.3) is 0 Å². The van der Waals surface area contributed by atoms with Crippen LogP contribution in [0.15, 0.2) is 0 Å². The molecule has 1 saturated carbocycles. The molecule has 0 bridgehead atoms. The molecule has 1 fully saturated rings. The van der Waals surface area contributed by atoms with Crippen molar-refractivity contribution >= 4 is 5.97 Å². The topological polar surface area (TPSA) is 38.3 Å². The van der Waals surface area contributed by atoms with Crippen LogP contribution in [0.2, 0.25) is 0 Å². The van der Waals surface area contributed by atoms with Crippen LogP contribution in [-0.2, 0) is 9.53 Å². The number of nitrogens with one attached hydrogen (secondary N) is 1. The first-order chi connectivity index (χ1) is 8.19. The smallest absolute Gasteiger partial charge is 0.323 e. The Balaban J connectivity index is 2.52. The van der Waals surface area contributed by atoms with E-state index in [1.165, 1.54) is 32.1 Å². The van der Waals surface area contributed by atoms with Gasteiger partial charge in [-0.25, -0.2) is 0 Å². The molecule has 1 aliphatic carbocycles. The van der Waals surface area contributed by atoms with Gasteiger partial charge in [-0.05, 0) is 25.7 Å². The molecule has 0 aromatic carbocycles. The number of carbonyl (C=O) groups is 1. The molecule has 100 valence electrons. The fraction of sp³-hybridized carbons (Fsp3) is 0.929. The molecule has 1 N–H and O–H groups in total. The first kappa shape index (κ1) is 14.5. The minimum atomic E-state index is -0.122. The van der Waals surface area contributed by atoms with Crippen LogP contribution in [0, 0.1) is 5.92 Å². The third-order valence-corrected chi connectivity index (χ3v) is 3.77. The highest BCUT2D eigenvalue weighted by atomic mass is 16.5. The predicted octanol–water partition coefficient (Wildman–Crippen LogP) is 2.89. The molecule has 1 aliphatic rings. The van der Waals surface area contributed by atoms with Crippen molar-refractivity contribution in [1.82, 2.24) is 5.32 Å². The van der Waals surface area contributed by atoms with Crippen molar-refractivity contribution in [2.45, 2.75) is 71.4 Å². The maximum Gasteiger partial charge on any atom is 0.323 e. The van der Waals surface area contributed by atoms with Crippen molar-refractivity contribution in [3.05, 3.63) is 0 Å². The van der Waals surface area contributed by atoms with E-state index in [1.54, 1.807) is 0 Å². The summed E-state index contributed by atoms with van der Waals surface area (Å²) in [7, 11) is 0. The normalized spacial score (nSPS) is 20.9. The molecule has 0 radical (unpaired) electrons. The molecule has 0 heterocycles. The van der Waals surface area contributed by atoms with E-state index in [-0.39, 0.29) is 12.0 Å². The van der Waals surface area contributed by atoms with E-state index in [4.69, 9.17) is 4.74 Å². The Morgan fingerprint density at radius 2 is 1.94 bits per heavy atom. The Hall–Kier alpha value is -0.570. The summed E-state index contributed by atoms with van der Waals surface area (Å²) in [5.74, 6) is 0.267. The zero-order valence-corrected chi connectivity index (χ0v) is 11.5. The van der Waals surface area contributed by atoms with E-state index in [0.717, 1.165) is 6.42 Å². The minimum Gasteiger partial charge on any atom is -0.465 e. The van der Waals surface area contributed by atoms with Gasteiger partial charge in [-0.2, -0.15) is 0 Å². The molecule has 0 aliphatic heterocycles. The van der Waals surface area contributed by atoms with Crippen LogP contribution in [0.4, 0.5) is 0 Å². The summed E-state index contributed by atoms with van der Waals surface area (Å²) in [6.45, 7) is 6.58. The summed E-state index contributed by atoms with van der Waals surface area (Å²) in [4.78, 5) is 11.9. The summed E-state index contributed by atoms with van der Waals surface area (Å²) in [5, 5.41) is 3.52. The van der Waals surface area contributed by atoms with Crippen LogP contribution in [0.3, 0.4) is 0 Å². The number of rotatable bonds is 6.